The Hall–Kier alpha value is -2.76. The molecule has 1 N–H and O–H groups in total. The highest BCUT2D eigenvalue weighted by Gasteiger charge is 2.18. The molecule has 0 bridgehead atoms. The van der Waals surface area contributed by atoms with Gasteiger partial charge in [0.25, 0.3) is 0 Å². The van der Waals surface area contributed by atoms with Crippen molar-refractivity contribution in [3.63, 3.8) is 0 Å². The molecule has 0 saturated carbocycles. The fraction of sp³-hybridized carbons (Fsp3) is 0.429. The average Bonchev–Trinajstić information content (AvgIpc) is 2.71. The molecular weight excluding hydrogens is 340 g/mol. The summed E-state index contributed by atoms with van der Waals surface area (Å²) in [4.78, 5) is 11.1. The van der Waals surface area contributed by atoms with E-state index < -0.39 is 0 Å². The quantitative estimate of drug-likeness (QED) is 0.644. The number of methoxy groups -OCH3 is 1. The third-order valence-corrected chi connectivity index (χ3v) is 4.81. The van der Waals surface area contributed by atoms with Crippen LogP contribution in [-0.2, 0) is 6.54 Å². The molecule has 1 saturated heterocycles. The molecule has 0 atom stereocenters. The van der Waals surface area contributed by atoms with E-state index in [0.29, 0.717) is 18.2 Å². The SMILES string of the molecule is CN=C(NCc1ccc(Oc2cccc(OC)c2)nc1)N1CCC(C)CC1. The van der Waals surface area contributed by atoms with Crippen LogP contribution in [0.5, 0.6) is 17.4 Å². The van der Waals surface area contributed by atoms with Gasteiger partial charge in [-0.2, -0.15) is 0 Å². The molecule has 2 heterocycles. The maximum absolute atomic E-state index is 5.78. The maximum Gasteiger partial charge on any atom is 0.219 e. The number of hydrogen-bond donors (Lipinski definition) is 1. The molecule has 2 aromatic rings. The fourth-order valence-corrected chi connectivity index (χ4v) is 3.10. The lowest BCUT2D eigenvalue weighted by atomic mass is 10.00. The highest BCUT2D eigenvalue weighted by atomic mass is 16.5. The number of aromatic nitrogens is 1. The first-order valence-corrected chi connectivity index (χ1v) is 9.40. The van der Waals surface area contributed by atoms with Crippen LogP contribution in [0.25, 0.3) is 0 Å². The van der Waals surface area contributed by atoms with Crippen molar-refractivity contribution in [3.8, 4) is 17.4 Å². The zero-order valence-corrected chi connectivity index (χ0v) is 16.3. The normalized spacial score (nSPS) is 15.5. The summed E-state index contributed by atoms with van der Waals surface area (Å²) in [5, 5.41) is 3.43. The summed E-state index contributed by atoms with van der Waals surface area (Å²) < 4.78 is 11.0. The summed E-state index contributed by atoms with van der Waals surface area (Å²) in [5.74, 6) is 3.78. The van der Waals surface area contributed by atoms with Crippen LogP contribution in [0.4, 0.5) is 0 Å². The van der Waals surface area contributed by atoms with E-state index in [9.17, 15) is 0 Å². The van der Waals surface area contributed by atoms with Gasteiger partial charge in [0.2, 0.25) is 5.88 Å². The van der Waals surface area contributed by atoms with Crippen molar-refractivity contribution in [2.75, 3.05) is 27.2 Å². The van der Waals surface area contributed by atoms with E-state index in [-0.39, 0.29) is 0 Å². The van der Waals surface area contributed by atoms with Crippen molar-refractivity contribution < 1.29 is 9.47 Å². The predicted molar refractivity (Wildman–Crippen MR) is 107 cm³/mol. The molecule has 1 aromatic carbocycles. The van der Waals surface area contributed by atoms with Crippen LogP contribution in [0.15, 0.2) is 47.6 Å². The van der Waals surface area contributed by atoms with Crippen LogP contribution < -0.4 is 14.8 Å². The van der Waals surface area contributed by atoms with Gasteiger partial charge < -0.3 is 19.7 Å². The molecule has 0 amide bonds. The topological polar surface area (TPSA) is 59.0 Å². The lowest BCUT2D eigenvalue weighted by Gasteiger charge is -2.32. The highest BCUT2D eigenvalue weighted by molar-refractivity contribution is 5.79. The predicted octanol–water partition coefficient (Wildman–Crippen LogP) is 3.69. The smallest absolute Gasteiger partial charge is 0.219 e. The van der Waals surface area contributed by atoms with E-state index in [4.69, 9.17) is 9.47 Å². The van der Waals surface area contributed by atoms with Crippen LogP contribution >= 0.6 is 0 Å². The van der Waals surface area contributed by atoms with E-state index in [1.807, 2.05) is 49.6 Å². The van der Waals surface area contributed by atoms with Crippen LogP contribution in [-0.4, -0.2) is 43.1 Å². The van der Waals surface area contributed by atoms with E-state index in [0.717, 1.165) is 36.3 Å². The summed E-state index contributed by atoms with van der Waals surface area (Å²) in [6, 6.07) is 11.4. The number of aliphatic imine (C=N–C) groups is 1. The Kier molecular flexibility index (Phi) is 6.52. The first-order valence-electron chi connectivity index (χ1n) is 9.40. The summed E-state index contributed by atoms with van der Waals surface area (Å²) in [5.41, 5.74) is 1.08. The molecule has 0 aliphatic carbocycles. The number of pyridine rings is 1. The minimum Gasteiger partial charge on any atom is -0.497 e. The maximum atomic E-state index is 5.78. The van der Waals surface area contributed by atoms with Crippen molar-refractivity contribution in [1.29, 1.82) is 0 Å². The Bertz CT molecular complexity index is 753. The van der Waals surface area contributed by atoms with E-state index in [1.165, 1.54) is 12.8 Å². The number of benzene rings is 1. The van der Waals surface area contributed by atoms with Gasteiger partial charge in [-0.15, -0.1) is 0 Å². The monoisotopic (exact) mass is 368 g/mol. The second kappa shape index (κ2) is 9.26. The van der Waals surface area contributed by atoms with Crippen molar-refractivity contribution in [1.82, 2.24) is 15.2 Å². The van der Waals surface area contributed by atoms with E-state index in [2.05, 4.69) is 27.1 Å². The van der Waals surface area contributed by atoms with E-state index in [1.54, 1.807) is 7.11 Å². The summed E-state index contributed by atoms with van der Waals surface area (Å²) in [7, 11) is 3.47. The van der Waals surface area contributed by atoms with Crippen molar-refractivity contribution >= 4 is 5.96 Å². The largest absolute Gasteiger partial charge is 0.497 e. The van der Waals surface area contributed by atoms with Crippen molar-refractivity contribution in [2.24, 2.45) is 10.9 Å². The number of ether oxygens (including phenoxy) is 2. The van der Waals surface area contributed by atoms with Crippen molar-refractivity contribution in [2.45, 2.75) is 26.3 Å². The summed E-state index contributed by atoms with van der Waals surface area (Å²) in [6.45, 7) is 5.12. The number of nitrogens with one attached hydrogen (secondary N) is 1. The summed E-state index contributed by atoms with van der Waals surface area (Å²) in [6.07, 6.45) is 4.27. The lowest BCUT2D eigenvalue weighted by Crippen LogP contribution is -2.45. The second-order valence-electron chi connectivity index (χ2n) is 6.86. The van der Waals surface area contributed by atoms with Crippen LogP contribution in [0, 0.1) is 5.92 Å². The molecule has 0 radical (unpaired) electrons. The average molecular weight is 368 g/mol. The third kappa shape index (κ3) is 5.36. The zero-order valence-electron chi connectivity index (χ0n) is 16.3. The molecule has 1 aromatic heterocycles. The molecule has 1 aliphatic rings. The van der Waals surface area contributed by atoms with Gasteiger partial charge in [-0.25, -0.2) is 4.98 Å². The van der Waals surface area contributed by atoms with Gasteiger partial charge in [-0.05, 0) is 36.5 Å². The zero-order chi connectivity index (χ0) is 19.1. The molecule has 1 fully saturated rings. The first kappa shape index (κ1) is 19.0. The van der Waals surface area contributed by atoms with Gasteiger partial charge in [-0.3, -0.25) is 4.99 Å². The number of hydrogen-bond acceptors (Lipinski definition) is 4. The number of nitrogens with zero attached hydrogens (tertiary/aromatic N) is 3. The number of guanidine groups is 1. The second-order valence-corrected chi connectivity index (χ2v) is 6.86. The van der Waals surface area contributed by atoms with E-state index >= 15 is 0 Å². The molecule has 6 heteroatoms. The molecule has 1 aliphatic heterocycles. The lowest BCUT2D eigenvalue weighted by molar-refractivity contribution is 0.273. The molecule has 144 valence electrons. The number of rotatable bonds is 5. The van der Waals surface area contributed by atoms with Gasteiger partial charge in [0.15, 0.2) is 5.96 Å². The molecule has 27 heavy (non-hydrogen) atoms. The minimum atomic E-state index is 0.557. The molecule has 0 unspecified atom stereocenters. The fourth-order valence-electron chi connectivity index (χ4n) is 3.10. The Morgan fingerprint density at radius 3 is 2.67 bits per heavy atom. The Morgan fingerprint density at radius 1 is 1.22 bits per heavy atom. The van der Waals surface area contributed by atoms with Gasteiger partial charge in [0, 0.05) is 45.0 Å². The summed E-state index contributed by atoms with van der Waals surface area (Å²) >= 11 is 0. The van der Waals surface area contributed by atoms with Crippen LogP contribution in [0.2, 0.25) is 0 Å². The molecular formula is C21H28N4O2. The Morgan fingerprint density at radius 2 is 2.00 bits per heavy atom. The van der Waals surface area contributed by atoms with Crippen molar-refractivity contribution in [3.05, 3.63) is 48.2 Å². The molecule has 6 nitrogen and oxygen atoms in total. The third-order valence-electron chi connectivity index (χ3n) is 4.81. The Balaban J connectivity index is 1.54. The number of likely N-dealkylation sites (tertiary alicyclic amines) is 1. The molecule has 3 rings (SSSR count). The van der Waals surface area contributed by atoms with Gasteiger partial charge in [0.1, 0.15) is 11.5 Å². The van der Waals surface area contributed by atoms with Gasteiger partial charge in [-0.1, -0.05) is 19.1 Å². The standard InChI is InChI=1S/C21H28N4O2/c1-16-9-11-25(12-10-16)21(22-2)24-15-17-7-8-20(23-14-17)27-19-6-4-5-18(13-19)26-3/h4-8,13-14,16H,9-12,15H2,1-3H3,(H,22,24). The van der Waals surface area contributed by atoms with Crippen LogP contribution in [0.1, 0.15) is 25.3 Å². The highest BCUT2D eigenvalue weighted by Crippen LogP contribution is 2.23. The number of piperidine rings is 1. The van der Waals surface area contributed by atoms with Crippen LogP contribution in [0.3, 0.4) is 0 Å². The van der Waals surface area contributed by atoms with Gasteiger partial charge in [0.05, 0.1) is 7.11 Å². The molecule has 0 spiro atoms. The minimum absolute atomic E-state index is 0.557. The first-order chi connectivity index (χ1) is 13.2. The van der Waals surface area contributed by atoms with Gasteiger partial charge >= 0.3 is 0 Å². The Labute approximate surface area is 161 Å².